The van der Waals surface area contributed by atoms with Crippen molar-refractivity contribution in [1.82, 2.24) is 34.8 Å². The number of pyridine rings is 1. The first-order valence-electron chi connectivity index (χ1n) is 6.47. The molecule has 0 aromatic carbocycles. The van der Waals surface area contributed by atoms with Crippen LogP contribution in [0.25, 0.3) is 28.6 Å². The van der Waals surface area contributed by atoms with Crippen molar-refractivity contribution < 1.29 is 0 Å². The van der Waals surface area contributed by atoms with Crippen LogP contribution in [0, 0.1) is 0 Å². The highest BCUT2D eigenvalue weighted by atomic mass is 32.1. The van der Waals surface area contributed by atoms with Crippen LogP contribution in [0.2, 0.25) is 0 Å². The summed E-state index contributed by atoms with van der Waals surface area (Å²) < 4.78 is 1.68. The molecule has 4 rings (SSSR count). The summed E-state index contributed by atoms with van der Waals surface area (Å²) in [5.41, 5.74) is 1.66. The van der Waals surface area contributed by atoms with E-state index in [4.69, 9.17) is 0 Å². The Balaban J connectivity index is 1.70. The summed E-state index contributed by atoms with van der Waals surface area (Å²) in [6.07, 6.45) is 12.3. The quantitative estimate of drug-likeness (QED) is 0.577. The number of nitrogens with zero attached hydrogens (tertiary/aromatic N) is 7. The monoisotopic (exact) mass is 307 g/mol. The van der Waals surface area contributed by atoms with Gasteiger partial charge in [0.25, 0.3) is 0 Å². The van der Waals surface area contributed by atoms with Crippen LogP contribution >= 0.6 is 11.3 Å². The van der Waals surface area contributed by atoms with Gasteiger partial charge in [-0.05, 0) is 17.7 Å². The molecule has 0 saturated carbocycles. The third kappa shape index (κ3) is 2.35. The molecule has 0 aliphatic rings. The zero-order chi connectivity index (χ0) is 14.8. The number of rotatable bonds is 3. The number of fused-ring (bicyclic) bond motifs is 1. The third-order valence-corrected chi connectivity index (χ3v) is 3.77. The van der Waals surface area contributed by atoms with Crippen molar-refractivity contribution in [2.24, 2.45) is 0 Å². The van der Waals surface area contributed by atoms with Gasteiger partial charge in [-0.3, -0.25) is 9.97 Å². The minimum absolute atomic E-state index is 0.584. The number of aromatic nitrogens is 7. The normalized spacial score (nSPS) is 11.5. The first-order valence-corrected chi connectivity index (χ1v) is 7.28. The van der Waals surface area contributed by atoms with Crippen LogP contribution in [0.4, 0.5) is 0 Å². The van der Waals surface area contributed by atoms with E-state index in [1.165, 1.54) is 11.3 Å². The molecule has 8 heteroatoms. The highest BCUT2D eigenvalue weighted by molar-refractivity contribution is 7.17. The highest BCUT2D eigenvalue weighted by Gasteiger charge is 2.13. The Morgan fingerprint density at radius 3 is 2.77 bits per heavy atom. The van der Waals surface area contributed by atoms with Gasteiger partial charge in [0.2, 0.25) is 10.8 Å². The van der Waals surface area contributed by atoms with E-state index in [9.17, 15) is 0 Å². The van der Waals surface area contributed by atoms with E-state index in [1.54, 1.807) is 35.5 Å². The fraction of sp³-hybridized carbons (Fsp3) is 0. The van der Waals surface area contributed by atoms with Crippen molar-refractivity contribution in [3.8, 4) is 11.5 Å². The Kier molecular flexibility index (Phi) is 3.13. The first-order chi connectivity index (χ1) is 10.9. The van der Waals surface area contributed by atoms with Crippen molar-refractivity contribution in [3.63, 3.8) is 0 Å². The molecular weight excluding hydrogens is 298 g/mol. The van der Waals surface area contributed by atoms with Gasteiger partial charge in [-0.1, -0.05) is 23.5 Å². The lowest BCUT2D eigenvalue weighted by Crippen LogP contribution is -1.93. The maximum absolute atomic E-state index is 4.50. The van der Waals surface area contributed by atoms with Gasteiger partial charge in [0.1, 0.15) is 10.7 Å². The maximum Gasteiger partial charge on any atom is 0.235 e. The van der Waals surface area contributed by atoms with Gasteiger partial charge in [-0.2, -0.15) is 9.61 Å². The SMILES string of the molecule is C(=C\c1nn2c(-c3cnccn3)nnc2s1)/c1cccnc1. The Morgan fingerprint density at radius 2 is 1.95 bits per heavy atom. The van der Waals surface area contributed by atoms with Crippen LogP contribution in [0.3, 0.4) is 0 Å². The summed E-state index contributed by atoms with van der Waals surface area (Å²) in [6, 6.07) is 3.87. The van der Waals surface area contributed by atoms with Crippen LogP contribution in [-0.2, 0) is 0 Å². The molecule has 0 N–H and O–H groups in total. The molecule has 0 spiro atoms. The Morgan fingerprint density at radius 1 is 1.00 bits per heavy atom. The molecule has 0 bridgehead atoms. The fourth-order valence-electron chi connectivity index (χ4n) is 1.92. The molecule has 4 aromatic heterocycles. The molecule has 4 heterocycles. The van der Waals surface area contributed by atoms with Crippen molar-refractivity contribution in [3.05, 3.63) is 53.7 Å². The van der Waals surface area contributed by atoms with E-state index in [0.717, 1.165) is 10.6 Å². The third-order valence-electron chi connectivity index (χ3n) is 2.90. The number of hydrogen-bond acceptors (Lipinski definition) is 7. The molecule has 0 aliphatic carbocycles. The van der Waals surface area contributed by atoms with Crippen molar-refractivity contribution in [1.29, 1.82) is 0 Å². The van der Waals surface area contributed by atoms with E-state index < -0.39 is 0 Å². The van der Waals surface area contributed by atoms with Crippen LogP contribution in [0.5, 0.6) is 0 Å². The lowest BCUT2D eigenvalue weighted by molar-refractivity contribution is 0.948. The smallest absolute Gasteiger partial charge is 0.235 e. The molecule has 106 valence electrons. The van der Waals surface area contributed by atoms with E-state index in [0.29, 0.717) is 16.5 Å². The molecule has 0 radical (unpaired) electrons. The highest BCUT2D eigenvalue weighted by Crippen LogP contribution is 2.20. The van der Waals surface area contributed by atoms with Gasteiger partial charge < -0.3 is 0 Å². The average Bonchev–Trinajstić information content (AvgIpc) is 3.15. The van der Waals surface area contributed by atoms with Gasteiger partial charge in [-0.15, -0.1) is 10.2 Å². The summed E-state index contributed by atoms with van der Waals surface area (Å²) in [7, 11) is 0. The van der Waals surface area contributed by atoms with Gasteiger partial charge in [0, 0.05) is 24.8 Å². The molecular formula is C14H9N7S. The van der Waals surface area contributed by atoms with Crippen LogP contribution in [0.1, 0.15) is 10.6 Å². The molecule has 4 aromatic rings. The minimum Gasteiger partial charge on any atom is -0.264 e. The standard InChI is InChI=1S/C14H9N7S/c1-2-10(8-15-5-1)3-4-12-20-21-13(18-19-14(21)22-12)11-9-16-6-7-17-11/h1-9H/b4-3+. The summed E-state index contributed by atoms with van der Waals surface area (Å²) in [5, 5.41) is 13.6. The Labute approximate surface area is 129 Å². The summed E-state index contributed by atoms with van der Waals surface area (Å²) in [6.45, 7) is 0. The molecule has 0 atom stereocenters. The molecule has 22 heavy (non-hydrogen) atoms. The molecule has 0 fully saturated rings. The molecule has 0 unspecified atom stereocenters. The molecule has 0 amide bonds. The molecule has 0 aliphatic heterocycles. The van der Waals surface area contributed by atoms with Crippen molar-refractivity contribution in [2.45, 2.75) is 0 Å². The zero-order valence-corrected chi connectivity index (χ0v) is 12.1. The Hall–Kier alpha value is -3.00. The second-order valence-electron chi connectivity index (χ2n) is 4.37. The predicted molar refractivity (Wildman–Crippen MR) is 82.9 cm³/mol. The second-order valence-corrected chi connectivity index (χ2v) is 5.36. The van der Waals surface area contributed by atoms with Crippen LogP contribution in [0.15, 0.2) is 43.1 Å². The zero-order valence-electron chi connectivity index (χ0n) is 11.2. The minimum atomic E-state index is 0.584. The van der Waals surface area contributed by atoms with Crippen LogP contribution < -0.4 is 0 Å². The average molecular weight is 307 g/mol. The maximum atomic E-state index is 4.50. The largest absolute Gasteiger partial charge is 0.264 e. The van der Waals surface area contributed by atoms with Gasteiger partial charge >= 0.3 is 0 Å². The summed E-state index contributed by atoms with van der Waals surface area (Å²) in [5.74, 6) is 0.584. The van der Waals surface area contributed by atoms with Crippen LogP contribution in [-0.4, -0.2) is 34.8 Å². The summed E-state index contributed by atoms with van der Waals surface area (Å²) in [4.78, 5) is 13.1. The number of hydrogen-bond donors (Lipinski definition) is 0. The van der Waals surface area contributed by atoms with Gasteiger partial charge in [0.05, 0.1) is 6.20 Å². The lowest BCUT2D eigenvalue weighted by Gasteiger charge is -1.93. The van der Waals surface area contributed by atoms with E-state index in [2.05, 4.69) is 30.2 Å². The van der Waals surface area contributed by atoms with Crippen molar-refractivity contribution in [2.75, 3.05) is 0 Å². The first kappa shape index (κ1) is 12.7. The summed E-state index contributed by atoms with van der Waals surface area (Å²) >= 11 is 1.45. The lowest BCUT2D eigenvalue weighted by atomic mass is 10.3. The van der Waals surface area contributed by atoms with E-state index >= 15 is 0 Å². The topological polar surface area (TPSA) is 81.8 Å². The Bertz CT molecular complexity index is 928. The molecule has 7 nitrogen and oxygen atoms in total. The molecule has 0 saturated heterocycles. The van der Waals surface area contributed by atoms with Gasteiger partial charge in [0.15, 0.2) is 0 Å². The van der Waals surface area contributed by atoms with E-state index in [-0.39, 0.29) is 0 Å². The van der Waals surface area contributed by atoms with Gasteiger partial charge in [-0.25, -0.2) is 4.98 Å². The van der Waals surface area contributed by atoms with Crippen molar-refractivity contribution >= 4 is 28.4 Å². The van der Waals surface area contributed by atoms with E-state index in [1.807, 2.05) is 24.3 Å². The fourth-order valence-corrected chi connectivity index (χ4v) is 2.66. The second kappa shape index (κ2) is 5.41. The predicted octanol–water partition coefficient (Wildman–Crippen LogP) is 2.21.